The fraction of sp³-hybridized carbons (Fsp3) is 0.364. The van der Waals surface area contributed by atoms with Crippen molar-refractivity contribution in [1.29, 1.82) is 0 Å². The van der Waals surface area contributed by atoms with Gasteiger partial charge in [0.15, 0.2) is 0 Å². The maximum atomic E-state index is 12.5. The maximum absolute atomic E-state index is 12.5. The van der Waals surface area contributed by atoms with Crippen LogP contribution in [0.2, 0.25) is 5.02 Å². The first-order valence-corrected chi connectivity index (χ1v) is 10.3. The number of amides is 3. The van der Waals surface area contributed by atoms with Gasteiger partial charge in [-0.25, -0.2) is 4.79 Å². The van der Waals surface area contributed by atoms with Gasteiger partial charge >= 0.3 is 6.03 Å². The largest absolute Gasteiger partial charge is 0.336 e. The van der Waals surface area contributed by atoms with E-state index in [0.29, 0.717) is 17.3 Å². The van der Waals surface area contributed by atoms with E-state index in [-0.39, 0.29) is 24.5 Å². The molecule has 1 heterocycles. The second-order valence-electron chi connectivity index (χ2n) is 7.35. The monoisotopic (exact) mass is 414 g/mol. The smallest absolute Gasteiger partial charge is 0.319 e. The third-order valence-corrected chi connectivity index (χ3v) is 5.34. The number of urea groups is 1. The Balaban J connectivity index is 1.51. The lowest BCUT2D eigenvalue weighted by atomic mass is 10.0. The van der Waals surface area contributed by atoms with Crippen molar-refractivity contribution in [3.8, 4) is 0 Å². The molecule has 3 rings (SSSR count). The lowest BCUT2D eigenvalue weighted by Crippen LogP contribution is -2.49. The molecule has 0 aromatic heterocycles. The normalized spacial score (nSPS) is 16.8. The summed E-state index contributed by atoms with van der Waals surface area (Å²) in [5.41, 5.74) is 2.42. The van der Waals surface area contributed by atoms with Crippen LogP contribution >= 0.6 is 11.6 Å². The summed E-state index contributed by atoms with van der Waals surface area (Å²) in [5, 5.41) is 9.17. The molecular weight excluding hydrogens is 388 g/mol. The van der Waals surface area contributed by atoms with Gasteiger partial charge in [-0.15, -0.1) is 0 Å². The molecule has 1 aliphatic heterocycles. The second kappa shape index (κ2) is 10.3. The van der Waals surface area contributed by atoms with Crippen molar-refractivity contribution in [2.24, 2.45) is 0 Å². The van der Waals surface area contributed by atoms with Gasteiger partial charge in [-0.3, -0.25) is 9.69 Å². The number of anilines is 2. The lowest BCUT2D eigenvalue weighted by Gasteiger charge is -2.35. The SMILES string of the molecule is Cc1ccc(NC(=O)CN2CCCCC2CNC(=O)Nc2ccccc2)c(Cl)c1. The highest BCUT2D eigenvalue weighted by Gasteiger charge is 2.25. The molecule has 2 aromatic carbocycles. The van der Waals surface area contributed by atoms with Crippen LogP contribution in [0.25, 0.3) is 0 Å². The second-order valence-corrected chi connectivity index (χ2v) is 7.76. The van der Waals surface area contributed by atoms with Crippen LogP contribution in [0, 0.1) is 6.92 Å². The predicted octanol–water partition coefficient (Wildman–Crippen LogP) is 4.26. The summed E-state index contributed by atoms with van der Waals surface area (Å²) >= 11 is 6.21. The minimum absolute atomic E-state index is 0.101. The molecule has 7 heteroatoms. The highest BCUT2D eigenvalue weighted by atomic mass is 35.5. The first-order chi connectivity index (χ1) is 14.0. The van der Waals surface area contributed by atoms with E-state index in [1.54, 1.807) is 0 Å². The number of nitrogens with zero attached hydrogens (tertiary/aromatic N) is 1. The Morgan fingerprint density at radius 2 is 1.90 bits per heavy atom. The molecule has 1 fully saturated rings. The van der Waals surface area contributed by atoms with Gasteiger partial charge in [0, 0.05) is 18.3 Å². The molecule has 0 bridgehead atoms. The minimum Gasteiger partial charge on any atom is -0.336 e. The number of hydrogen-bond donors (Lipinski definition) is 3. The van der Waals surface area contributed by atoms with Gasteiger partial charge in [0.05, 0.1) is 17.3 Å². The van der Waals surface area contributed by atoms with E-state index in [9.17, 15) is 9.59 Å². The first-order valence-electron chi connectivity index (χ1n) is 9.91. The Hall–Kier alpha value is -2.57. The van der Waals surface area contributed by atoms with E-state index in [1.807, 2.05) is 55.5 Å². The lowest BCUT2D eigenvalue weighted by molar-refractivity contribution is -0.118. The summed E-state index contributed by atoms with van der Waals surface area (Å²) in [6, 6.07) is 14.8. The Labute approximate surface area is 176 Å². The van der Waals surface area contributed by atoms with Crippen LogP contribution in [0.5, 0.6) is 0 Å². The van der Waals surface area contributed by atoms with Crippen molar-refractivity contribution in [3.05, 3.63) is 59.1 Å². The minimum atomic E-state index is -0.238. The topological polar surface area (TPSA) is 73.5 Å². The van der Waals surface area contributed by atoms with Crippen LogP contribution < -0.4 is 16.0 Å². The summed E-state index contributed by atoms with van der Waals surface area (Å²) in [7, 11) is 0. The number of halogens is 1. The third kappa shape index (κ3) is 6.48. The molecule has 0 spiro atoms. The summed E-state index contributed by atoms with van der Waals surface area (Å²) < 4.78 is 0. The van der Waals surface area contributed by atoms with Gasteiger partial charge in [0.2, 0.25) is 5.91 Å². The van der Waals surface area contributed by atoms with Crippen LogP contribution in [-0.4, -0.2) is 42.5 Å². The van der Waals surface area contributed by atoms with Gasteiger partial charge in [0.1, 0.15) is 0 Å². The third-order valence-electron chi connectivity index (χ3n) is 5.02. The predicted molar refractivity (Wildman–Crippen MR) is 117 cm³/mol. The number of benzene rings is 2. The number of piperidine rings is 1. The van der Waals surface area contributed by atoms with E-state index in [0.717, 1.165) is 37.1 Å². The maximum Gasteiger partial charge on any atom is 0.319 e. The van der Waals surface area contributed by atoms with Crippen molar-refractivity contribution in [2.45, 2.75) is 32.2 Å². The number of rotatable bonds is 6. The Morgan fingerprint density at radius 1 is 1.10 bits per heavy atom. The molecule has 1 saturated heterocycles. The first kappa shape index (κ1) is 21.1. The van der Waals surface area contributed by atoms with E-state index in [4.69, 9.17) is 11.6 Å². The quantitative estimate of drug-likeness (QED) is 0.661. The van der Waals surface area contributed by atoms with E-state index in [1.165, 1.54) is 0 Å². The van der Waals surface area contributed by atoms with Crippen LogP contribution in [0.15, 0.2) is 48.5 Å². The molecule has 1 aliphatic rings. The zero-order chi connectivity index (χ0) is 20.6. The van der Waals surface area contributed by atoms with Crippen LogP contribution in [-0.2, 0) is 4.79 Å². The van der Waals surface area contributed by atoms with Gasteiger partial charge in [-0.1, -0.05) is 42.3 Å². The van der Waals surface area contributed by atoms with Crippen molar-refractivity contribution in [1.82, 2.24) is 10.2 Å². The fourth-order valence-corrected chi connectivity index (χ4v) is 3.78. The number of carbonyl (C=O) groups excluding carboxylic acids is 2. The molecule has 3 amide bonds. The van der Waals surface area contributed by atoms with Crippen molar-refractivity contribution in [2.75, 3.05) is 30.3 Å². The average molecular weight is 415 g/mol. The molecule has 1 unspecified atom stereocenters. The Bertz CT molecular complexity index is 844. The standard InChI is InChI=1S/C22H27ClN4O2/c1-16-10-11-20(19(23)13-16)26-21(28)15-27-12-6-5-9-18(27)14-24-22(29)25-17-7-3-2-4-8-17/h2-4,7-8,10-11,13,18H,5-6,9,12,14-15H2,1H3,(H,26,28)(H2,24,25,29). The molecule has 0 radical (unpaired) electrons. The van der Waals surface area contributed by atoms with Gasteiger partial charge in [0.25, 0.3) is 0 Å². The molecule has 2 aromatic rings. The number of carbonyl (C=O) groups is 2. The van der Waals surface area contributed by atoms with Gasteiger partial charge in [-0.05, 0) is 56.1 Å². The number of aryl methyl sites for hydroxylation is 1. The molecule has 1 atom stereocenters. The van der Waals surface area contributed by atoms with E-state index in [2.05, 4.69) is 20.9 Å². The molecular formula is C22H27ClN4O2. The number of nitrogens with one attached hydrogen (secondary N) is 3. The Morgan fingerprint density at radius 3 is 2.66 bits per heavy atom. The zero-order valence-electron chi connectivity index (χ0n) is 16.6. The van der Waals surface area contributed by atoms with E-state index < -0.39 is 0 Å². The van der Waals surface area contributed by atoms with Gasteiger partial charge in [-0.2, -0.15) is 0 Å². The van der Waals surface area contributed by atoms with E-state index >= 15 is 0 Å². The van der Waals surface area contributed by atoms with Crippen LogP contribution in [0.3, 0.4) is 0 Å². The molecule has 29 heavy (non-hydrogen) atoms. The molecule has 154 valence electrons. The number of para-hydroxylation sites is 1. The summed E-state index contributed by atoms with van der Waals surface area (Å²) in [4.78, 5) is 26.8. The molecule has 0 saturated carbocycles. The number of hydrogen-bond acceptors (Lipinski definition) is 3. The van der Waals surface area contributed by atoms with Gasteiger partial charge < -0.3 is 16.0 Å². The van der Waals surface area contributed by atoms with Crippen molar-refractivity contribution in [3.63, 3.8) is 0 Å². The summed E-state index contributed by atoms with van der Waals surface area (Å²) in [6.45, 7) is 3.56. The average Bonchev–Trinajstić information content (AvgIpc) is 2.70. The highest BCUT2D eigenvalue weighted by Crippen LogP contribution is 2.23. The summed E-state index contributed by atoms with van der Waals surface area (Å²) in [6.07, 6.45) is 3.09. The molecule has 0 aliphatic carbocycles. The summed E-state index contributed by atoms with van der Waals surface area (Å²) in [5.74, 6) is -0.101. The Kier molecular flexibility index (Phi) is 7.49. The fourth-order valence-electron chi connectivity index (χ4n) is 3.50. The van der Waals surface area contributed by atoms with Crippen molar-refractivity contribution < 1.29 is 9.59 Å². The molecule has 3 N–H and O–H groups in total. The zero-order valence-corrected chi connectivity index (χ0v) is 17.3. The van der Waals surface area contributed by atoms with Crippen LogP contribution in [0.1, 0.15) is 24.8 Å². The van der Waals surface area contributed by atoms with Crippen molar-refractivity contribution >= 4 is 34.9 Å². The van der Waals surface area contributed by atoms with Crippen LogP contribution in [0.4, 0.5) is 16.2 Å². The highest BCUT2D eigenvalue weighted by molar-refractivity contribution is 6.33. The molecule has 6 nitrogen and oxygen atoms in total. The number of likely N-dealkylation sites (tertiary alicyclic amines) is 1.